The fourth-order valence-electron chi connectivity index (χ4n) is 3.26. The summed E-state index contributed by atoms with van der Waals surface area (Å²) < 4.78 is 5.52. The number of aliphatic hydroxyl groups excluding tert-OH is 1. The number of benzene rings is 1. The zero-order valence-corrected chi connectivity index (χ0v) is 14.5. The summed E-state index contributed by atoms with van der Waals surface area (Å²) in [4.78, 5) is 15.4. The summed E-state index contributed by atoms with van der Waals surface area (Å²) in [7, 11) is 0. The van der Waals surface area contributed by atoms with Gasteiger partial charge in [0.2, 0.25) is 0 Å². The number of urea groups is 1. The van der Waals surface area contributed by atoms with E-state index in [0.717, 1.165) is 12.0 Å². The van der Waals surface area contributed by atoms with E-state index in [1.165, 1.54) is 4.90 Å². The molecule has 2 heterocycles. The molecule has 6 nitrogen and oxygen atoms in total. The van der Waals surface area contributed by atoms with Crippen LogP contribution in [0.4, 0.5) is 10.6 Å². The molecule has 3 atom stereocenters. The third-order valence-corrected chi connectivity index (χ3v) is 4.68. The van der Waals surface area contributed by atoms with Gasteiger partial charge >= 0.3 is 6.03 Å². The van der Waals surface area contributed by atoms with Gasteiger partial charge in [-0.3, -0.25) is 0 Å². The largest absolute Gasteiger partial charge is 0.371 e. The van der Waals surface area contributed by atoms with E-state index in [1.807, 2.05) is 30.3 Å². The predicted octanol–water partition coefficient (Wildman–Crippen LogP) is 3.35. The van der Waals surface area contributed by atoms with E-state index < -0.39 is 6.23 Å². The molecule has 1 aliphatic rings. The first-order valence-corrected chi connectivity index (χ1v) is 8.48. The molecule has 1 aromatic carbocycles. The SMILES string of the molecule is C=CCN1C(=O)N(c2cc(C(CC)c3ccccc3)on2)C(O)C1C. The molecular formula is C19H23N3O3. The quantitative estimate of drug-likeness (QED) is 0.818. The molecule has 0 aliphatic carbocycles. The second-order valence-corrected chi connectivity index (χ2v) is 6.21. The smallest absolute Gasteiger partial charge is 0.328 e. The summed E-state index contributed by atoms with van der Waals surface area (Å²) in [6.45, 7) is 7.91. The molecule has 0 bridgehead atoms. The van der Waals surface area contributed by atoms with Crippen molar-refractivity contribution in [2.75, 3.05) is 11.4 Å². The Morgan fingerprint density at radius 1 is 1.40 bits per heavy atom. The van der Waals surface area contributed by atoms with Gasteiger partial charge in [0.05, 0.1) is 6.04 Å². The molecule has 1 N–H and O–H groups in total. The highest BCUT2D eigenvalue weighted by molar-refractivity contribution is 5.94. The first-order valence-electron chi connectivity index (χ1n) is 8.48. The van der Waals surface area contributed by atoms with Gasteiger partial charge in [-0.25, -0.2) is 9.69 Å². The summed E-state index contributed by atoms with van der Waals surface area (Å²) >= 11 is 0. The fourth-order valence-corrected chi connectivity index (χ4v) is 3.26. The summed E-state index contributed by atoms with van der Waals surface area (Å²) in [5, 5.41) is 14.5. The van der Waals surface area contributed by atoms with Gasteiger partial charge in [0.15, 0.2) is 12.0 Å². The van der Waals surface area contributed by atoms with Gasteiger partial charge in [-0.15, -0.1) is 6.58 Å². The lowest BCUT2D eigenvalue weighted by Crippen LogP contribution is -2.35. The van der Waals surface area contributed by atoms with Crippen LogP contribution in [-0.4, -0.2) is 40.0 Å². The van der Waals surface area contributed by atoms with E-state index >= 15 is 0 Å². The minimum Gasteiger partial charge on any atom is -0.371 e. The Morgan fingerprint density at radius 3 is 2.76 bits per heavy atom. The maximum atomic E-state index is 12.6. The number of nitrogens with zero attached hydrogens (tertiary/aromatic N) is 3. The highest BCUT2D eigenvalue weighted by atomic mass is 16.5. The van der Waals surface area contributed by atoms with Crippen LogP contribution in [0.3, 0.4) is 0 Å². The van der Waals surface area contributed by atoms with E-state index in [0.29, 0.717) is 18.1 Å². The molecule has 0 spiro atoms. The van der Waals surface area contributed by atoms with Crippen molar-refractivity contribution in [2.45, 2.75) is 38.5 Å². The highest BCUT2D eigenvalue weighted by Gasteiger charge is 2.44. The van der Waals surface area contributed by atoms with Crippen LogP contribution >= 0.6 is 0 Å². The number of carbonyl (C=O) groups excluding carboxylic acids is 1. The Morgan fingerprint density at radius 2 is 2.12 bits per heavy atom. The van der Waals surface area contributed by atoms with Crippen molar-refractivity contribution in [3.63, 3.8) is 0 Å². The van der Waals surface area contributed by atoms with E-state index in [9.17, 15) is 9.90 Å². The molecule has 1 fully saturated rings. The van der Waals surface area contributed by atoms with E-state index in [4.69, 9.17) is 4.52 Å². The van der Waals surface area contributed by atoms with Crippen LogP contribution in [0.2, 0.25) is 0 Å². The lowest BCUT2D eigenvalue weighted by Gasteiger charge is -2.18. The standard InChI is InChI=1S/C19H23N3O3/c1-4-11-21-13(3)18(23)22(19(21)24)17-12-16(25-20-17)15(5-2)14-9-7-6-8-10-14/h4,6-10,12-13,15,18,23H,1,5,11H2,2-3H3. The van der Waals surface area contributed by atoms with Crippen molar-refractivity contribution >= 4 is 11.8 Å². The maximum Gasteiger partial charge on any atom is 0.328 e. The van der Waals surface area contributed by atoms with Gasteiger partial charge in [-0.2, -0.15) is 0 Å². The van der Waals surface area contributed by atoms with Crippen molar-refractivity contribution in [2.24, 2.45) is 0 Å². The fraction of sp³-hybridized carbons (Fsp3) is 0.368. The van der Waals surface area contributed by atoms with Crippen molar-refractivity contribution in [3.05, 3.63) is 60.4 Å². The van der Waals surface area contributed by atoms with Gasteiger partial charge in [-0.1, -0.05) is 48.5 Å². The van der Waals surface area contributed by atoms with Crippen LogP contribution in [-0.2, 0) is 0 Å². The molecule has 132 valence electrons. The Hall–Kier alpha value is -2.60. The molecule has 25 heavy (non-hydrogen) atoms. The van der Waals surface area contributed by atoms with Gasteiger partial charge in [-0.05, 0) is 18.9 Å². The number of hydrogen-bond donors (Lipinski definition) is 1. The molecule has 1 saturated heterocycles. The molecule has 0 saturated carbocycles. The topological polar surface area (TPSA) is 69.8 Å². The van der Waals surface area contributed by atoms with Crippen molar-refractivity contribution in [1.82, 2.24) is 10.1 Å². The molecule has 2 amide bonds. The Labute approximate surface area is 147 Å². The average Bonchev–Trinajstić information content (AvgIpc) is 3.16. The van der Waals surface area contributed by atoms with Gasteiger partial charge in [0.1, 0.15) is 5.76 Å². The molecule has 1 aromatic heterocycles. The van der Waals surface area contributed by atoms with Crippen LogP contribution in [0.1, 0.15) is 37.5 Å². The van der Waals surface area contributed by atoms with Gasteiger partial charge in [0.25, 0.3) is 0 Å². The number of amides is 2. The zero-order chi connectivity index (χ0) is 18.0. The summed E-state index contributed by atoms with van der Waals surface area (Å²) in [6.07, 6.45) is 1.51. The number of hydrogen-bond acceptors (Lipinski definition) is 4. The first-order chi connectivity index (χ1) is 12.1. The Balaban J connectivity index is 1.88. The summed E-state index contributed by atoms with van der Waals surface area (Å²) in [6, 6.07) is 11.1. The van der Waals surface area contributed by atoms with Crippen LogP contribution in [0.15, 0.2) is 53.6 Å². The lowest BCUT2D eigenvalue weighted by atomic mass is 9.94. The second kappa shape index (κ2) is 7.11. The highest BCUT2D eigenvalue weighted by Crippen LogP contribution is 2.33. The third-order valence-electron chi connectivity index (χ3n) is 4.68. The molecule has 2 aromatic rings. The molecule has 1 aliphatic heterocycles. The second-order valence-electron chi connectivity index (χ2n) is 6.21. The number of aliphatic hydroxyl groups is 1. The molecule has 3 unspecified atom stereocenters. The lowest BCUT2D eigenvalue weighted by molar-refractivity contribution is 0.132. The zero-order valence-electron chi connectivity index (χ0n) is 14.5. The van der Waals surface area contributed by atoms with Gasteiger partial charge < -0.3 is 14.5 Å². The van der Waals surface area contributed by atoms with Crippen molar-refractivity contribution in [1.29, 1.82) is 0 Å². The number of rotatable bonds is 6. The molecule has 0 radical (unpaired) electrons. The monoisotopic (exact) mass is 341 g/mol. The van der Waals surface area contributed by atoms with Crippen LogP contribution in [0.25, 0.3) is 0 Å². The normalized spacial score (nSPS) is 21.6. The Kier molecular flexibility index (Phi) is 4.90. The predicted molar refractivity (Wildman–Crippen MR) is 95.3 cm³/mol. The molecule has 6 heteroatoms. The van der Waals surface area contributed by atoms with Crippen molar-refractivity contribution < 1.29 is 14.4 Å². The van der Waals surface area contributed by atoms with Crippen LogP contribution in [0, 0.1) is 0 Å². The van der Waals surface area contributed by atoms with Gasteiger partial charge in [0, 0.05) is 18.5 Å². The van der Waals surface area contributed by atoms with E-state index in [-0.39, 0.29) is 18.0 Å². The van der Waals surface area contributed by atoms with E-state index in [2.05, 4.69) is 18.7 Å². The van der Waals surface area contributed by atoms with Crippen LogP contribution in [0.5, 0.6) is 0 Å². The molecular weight excluding hydrogens is 318 g/mol. The minimum atomic E-state index is -0.970. The average molecular weight is 341 g/mol. The molecule has 3 rings (SSSR count). The third kappa shape index (κ3) is 3.05. The maximum absolute atomic E-state index is 12.6. The number of anilines is 1. The number of carbonyl (C=O) groups is 1. The van der Waals surface area contributed by atoms with Crippen molar-refractivity contribution in [3.8, 4) is 0 Å². The van der Waals surface area contributed by atoms with Crippen LogP contribution < -0.4 is 4.90 Å². The first kappa shape index (κ1) is 17.2. The summed E-state index contributed by atoms with van der Waals surface area (Å²) in [5.41, 5.74) is 1.13. The van der Waals surface area contributed by atoms with E-state index in [1.54, 1.807) is 24.0 Å². The Bertz CT molecular complexity index is 743. The summed E-state index contributed by atoms with van der Waals surface area (Å²) in [5.74, 6) is 1.07. The minimum absolute atomic E-state index is 0.0546. The number of aromatic nitrogens is 1.